The van der Waals surface area contributed by atoms with Gasteiger partial charge in [-0.3, -0.25) is 0 Å². The van der Waals surface area contributed by atoms with Gasteiger partial charge in [0.15, 0.2) is 0 Å². The summed E-state index contributed by atoms with van der Waals surface area (Å²) in [4.78, 5) is 5.62. The number of aryl methyl sites for hydroxylation is 1. The average molecular weight is 252 g/mol. The zero-order valence-electron chi connectivity index (χ0n) is 9.56. The molecule has 1 N–H and O–H groups in total. The maximum absolute atomic E-state index is 4.34. The van der Waals surface area contributed by atoms with Crippen molar-refractivity contribution in [3.8, 4) is 0 Å². The predicted octanol–water partition coefficient (Wildman–Crippen LogP) is 3.23. The fraction of sp³-hybridized carbons (Fsp3) is 0.417. The number of aromatic nitrogens is 1. The zero-order chi connectivity index (χ0) is 11.4. The van der Waals surface area contributed by atoms with Gasteiger partial charge in [0, 0.05) is 23.7 Å². The Morgan fingerprint density at radius 3 is 3.00 bits per heavy atom. The van der Waals surface area contributed by atoms with Crippen molar-refractivity contribution in [3.63, 3.8) is 0 Å². The van der Waals surface area contributed by atoms with Gasteiger partial charge in [0.05, 0.1) is 0 Å². The lowest BCUT2D eigenvalue weighted by Gasteiger charge is -2.11. The van der Waals surface area contributed by atoms with Crippen LogP contribution in [0.3, 0.4) is 0 Å². The lowest BCUT2D eigenvalue weighted by atomic mass is 10.1. The number of thiazole rings is 1. The van der Waals surface area contributed by atoms with Gasteiger partial charge in [0.1, 0.15) is 5.01 Å². The van der Waals surface area contributed by atoms with Gasteiger partial charge in [0.25, 0.3) is 0 Å². The van der Waals surface area contributed by atoms with E-state index in [1.165, 1.54) is 15.4 Å². The Labute approximate surface area is 104 Å². The van der Waals surface area contributed by atoms with Crippen LogP contribution in [-0.2, 0) is 13.0 Å². The van der Waals surface area contributed by atoms with Crippen LogP contribution >= 0.6 is 22.7 Å². The second kappa shape index (κ2) is 5.57. The molecule has 0 aliphatic carbocycles. The van der Waals surface area contributed by atoms with Crippen LogP contribution in [0.25, 0.3) is 0 Å². The third-order valence-corrected chi connectivity index (χ3v) is 4.04. The quantitative estimate of drug-likeness (QED) is 0.883. The van der Waals surface area contributed by atoms with Crippen molar-refractivity contribution >= 4 is 22.7 Å². The molecule has 0 saturated carbocycles. The fourth-order valence-electron chi connectivity index (χ4n) is 1.58. The number of nitrogens with one attached hydrogen (secondary N) is 1. The number of hydrogen-bond donors (Lipinski definition) is 1. The van der Waals surface area contributed by atoms with Gasteiger partial charge >= 0.3 is 0 Å². The van der Waals surface area contributed by atoms with Crippen molar-refractivity contribution in [1.82, 2.24) is 10.3 Å². The molecule has 0 aliphatic rings. The van der Waals surface area contributed by atoms with Crippen molar-refractivity contribution < 1.29 is 0 Å². The highest BCUT2D eigenvalue weighted by Gasteiger charge is 2.05. The molecule has 2 aromatic rings. The highest BCUT2D eigenvalue weighted by Crippen LogP contribution is 2.12. The second-order valence-corrected chi connectivity index (χ2v) is 6.08. The molecular weight excluding hydrogens is 236 g/mol. The van der Waals surface area contributed by atoms with Gasteiger partial charge < -0.3 is 5.32 Å². The summed E-state index contributed by atoms with van der Waals surface area (Å²) in [5.41, 5.74) is 1.42. The second-order valence-electron chi connectivity index (χ2n) is 3.98. The summed E-state index contributed by atoms with van der Waals surface area (Å²) in [5.74, 6) is 0. The summed E-state index contributed by atoms with van der Waals surface area (Å²) in [7, 11) is 0. The standard InChI is InChI=1S/C12H16N2S2/c1-9(5-11-3-4-15-8-11)13-7-12-14-6-10(2)16-12/h3-4,6,8-9,13H,5,7H2,1-2H3. The summed E-state index contributed by atoms with van der Waals surface area (Å²) in [5, 5.41) is 9.02. The Morgan fingerprint density at radius 2 is 2.38 bits per heavy atom. The van der Waals surface area contributed by atoms with Crippen LogP contribution < -0.4 is 5.32 Å². The molecule has 0 amide bonds. The summed E-state index contributed by atoms with van der Waals surface area (Å²) in [6, 6.07) is 2.69. The maximum Gasteiger partial charge on any atom is 0.107 e. The van der Waals surface area contributed by atoms with E-state index >= 15 is 0 Å². The number of thiophene rings is 1. The van der Waals surface area contributed by atoms with Crippen LogP contribution in [0.1, 0.15) is 22.4 Å². The Bertz CT molecular complexity index is 420. The number of rotatable bonds is 5. The van der Waals surface area contributed by atoms with E-state index in [-0.39, 0.29) is 0 Å². The van der Waals surface area contributed by atoms with E-state index in [0.29, 0.717) is 6.04 Å². The minimum atomic E-state index is 0.499. The van der Waals surface area contributed by atoms with E-state index in [0.717, 1.165) is 13.0 Å². The topological polar surface area (TPSA) is 24.9 Å². The van der Waals surface area contributed by atoms with Crippen LogP contribution in [-0.4, -0.2) is 11.0 Å². The van der Waals surface area contributed by atoms with Gasteiger partial charge in [-0.1, -0.05) is 0 Å². The van der Waals surface area contributed by atoms with Gasteiger partial charge in [-0.25, -0.2) is 4.98 Å². The van der Waals surface area contributed by atoms with Crippen molar-refractivity contribution in [2.24, 2.45) is 0 Å². The van der Waals surface area contributed by atoms with Crippen LogP contribution in [0.2, 0.25) is 0 Å². The Morgan fingerprint density at radius 1 is 1.50 bits per heavy atom. The minimum absolute atomic E-state index is 0.499. The molecule has 0 radical (unpaired) electrons. The summed E-state index contributed by atoms with van der Waals surface area (Å²) >= 11 is 3.53. The van der Waals surface area contributed by atoms with Crippen molar-refractivity contribution in [3.05, 3.63) is 38.5 Å². The SMILES string of the molecule is Cc1cnc(CNC(C)Cc2ccsc2)s1. The molecule has 2 rings (SSSR count). The average Bonchev–Trinajstić information content (AvgIpc) is 2.87. The molecule has 0 bridgehead atoms. The van der Waals surface area contributed by atoms with E-state index in [4.69, 9.17) is 0 Å². The molecule has 2 nitrogen and oxygen atoms in total. The monoisotopic (exact) mass is 252 g/mol. The van der Waals surface area contributed by atoms with E-state index in [1.54, 1.807) is 22.7 Å². The van der Waals surface area contributed by atoms with Crippen LogP contribution in [0.4, 0.5) is 0 Å². The Balaban J connectivity index is 1.77. The molecule has 1 unspecified atom stereocenters. The third kappa shape index (κ3) is 3.40. The number of hydrogen-bond acceptors (Lipinski definition) is 4. The number of nitrogens with zero attached hydrogens (tertiary/aromatic N) is 1. The summed E-state index contributed by atoms with van der Waals surface area (Å²) in [6.07, 6.45) is 3.03. The van der Waals surface area contributed by atoms with Crippen molar-refractivity contribution in [2.75, 3.05) is 0 Å². The lowest BCUT2D eigenvalue weighted by molar-refractivity contribution is 0.545. The van der Waals surface area contributed by atoms with Gasteiger partial charge in [-0.05, 0) is 42.7 Å². The highest BCUT2D eigenvalue weighted by atomic mass is 32.1. The first-order valence-electron chi connectivity index (χ1n) is 5.40. The Hall–Kier alpha value is -0.710. The molecule has 0 spiro atoms. The first-order valence-corrected chi connectivity index (χ1v) is 7.16. The van der Waals surface area contributed by atoms with Crippen LogP contribution in [0, 0.1) is 6.92 Å². The van der Waals surface area contributed by atoms with E-state index in [9.17, 15) is 0 Å². The van der Waals surface area contributed by atoms with E-state index < -0.39 is 0 Å². The third-order valence-electron chi connectivity index (χ3n) is 2.39. The molecule has 2 heterocycles. The predicted molar refractivity (Wildman–Crippen MR) is 71.2 cm³/mol. The summed E-state index contributed by atoms with van der Waals surface area (Å²) in [6.45, 7) is 5.19. The normalized spacial score (nSPS) is 12.9. The molecular formula is C12H16N2S2. The smallest absolute Gasteiger partial charge is 0.107 e. The molecule has 2 aromatic heterocycles. The first-order chi connectivity index (χ1) is 7.74. The molecule has 0 saturated heterocycles. The fourth-order valence-corrected chi connectivity index (χ4v) is 3.00. The van der Waals surface area contributed by atoms with Gasteiger partial charge in [0.2, 0.25) is 0 Å². The highest BCUT2D eigenvalue weighted by molar-refractivity contribution is 7.11. The van der Waals surface area contributed by atoms with Gasteiger partial charge in [-0.15, -0.1) is 11.3 Å². The molecule has 0 aliphatic heterocycles. The molecule has 4 heteroatoms. The maximum atomic E-state index is 4.34. The molecule has 16 heavy (non-hydrogen) atoms. The van der Waals surface area contributed by atoms with E-state index in [1.807, 2.05) is 6.20 Å². The minimum Gasteiger partial charge on any atom is -0.308 e. The zero-order valence-corrected chi connectivity index (χ0v) is 11.2. The van der Waals surface area contributed by atoms with Crippen LogP contribution in [0.5, 0.6) is 0 Å². The van der Waals surface area contributed by atoms with Crippen LogP contribution in [0.15, 0.2) is 23.0 Å². The molecule has 86 valence electrons. The molecule has 1 atom stereocenters. The largest absolute Gasteiger partial charge is 0.308 e. The summed E-state index contributed by atoms with van der Waals surface area (Å²) < 4.78 is 0. The van der Waals surface area contributed by atoms with E-state index in [2.05, 4.69) is 41.0 Å². The lowest BCUT2D eigenvalue weighted by Crippen LogP contribution is -2.27. The Kier molecular flexibility index (Phi) is 4.09. The molecule has 0 fully saturated rings. The first kappa shape index (κ1) is 11.8. The van der Waals surface area contributed by atoms with Crippen molar-refractivity contribution in [1.29, 1.82) is 0 Å². The van der Waals surface area contributed by atoms with Gasteiger partial charge in [-0.2, -0.15) is 11.3 Å². The van der Waals surface area contributed by atoms with Crippen molar-refractivity contribution in [2.45, 2.75) is 32.9 Å². The molecule has 0 aromatic carbocycles.